The third-order valence-electron chi connectivity index (χ3n) is 5.12. The lowest BCUT2D eigenvalue weighted by Gasteiger charge is -2.19. The molecule has 2 heterocycles. The third kappa shape index (κ3) is 4.74. The summed E-state index contributed by atoms with van der Waals surface area (Å²) in [6.07, 6.45) is 1.80. The lowest BCUT2D eigenvalue weighted by atomic mass is 10.0. The average Bonchev–Trinajstić information content (AvgIpc) is 3.30. The summed E-state index contributed by atoms with van der Waals surface area (Å²) in [5, 5.41) is 15.5. The third-order valence-corrected chi connectivity index (χ3v) is 6.49. The smallest absolute Gasteiger partial charge is 0.407 e. The SMILES string of the molecule is CC(C)NC(=O)O[C@@H]1CC[C@H](c2cc(Nc3ccc4c(c3)S(=O)(=O)NC(=O)N4)n[nH]2)C1. The Morgan fingerprint density at radius 1 is 1.26 bits per heavy atom. The molecule has 2 atom stereocenters. The van der Waals surface area contributed by atoms with Gasteiger partial charge in [-0.15, -0.1) is 0 Å². The number of ether oxygens (including phenoxy) is 1. The number of anilines is 3. The Morgan fingerprint density at radius 3 is 2.84 bits per heavy atom. The second kappa shape index (κ2) is 8.10. The Labute approximate surface area is 179 Å². The standard InChI is InChI=1S/C19H24N6O5S/c1-10(2)20-19(27)30-13-5-3-11(7-13)15-9-17(24-23-15)21-12-4-6-14-16(8-12)31(28,29)25-18(26)22-14/h4,6,8-11,13H,3,5,7H2,1-2H3,(H,20,27)(H2,21,23,24)(H2,22,25,26)/t11-,13+/m0/s1. The van der Waals surface area contributed by atoms with Gasteiger partial charge >= 0.3 is 12.1 Å². The predicted molar refractivity (Wildman–Crippen MR) is 113 cm³/mol. The number of fused-ring (bicyclic) bond motifs is 1. The minimum absolute atomic E-state index is 0.0246. The van der Waals surface area contributed by atoms with E-state index in [2.05, 4.69) is 26.1 Å². The normalized spacial score (nSPS) is 21.7. The Balaban J connectivity index is 1.40. The van der Waals surface area contributed by atoms with Crippen LogP contribution < -0.4 is 20.7 Å². The van der Waals surface area contributed by atoms with Crippen molar-refractivity contribution in [3.8, 4) is 0 Å². The zero-order valence-electron chi connectivity index (χ0n) is 17.1. The van der Waals surface area contributed by atoms with Crippen molar-refractivity contribution in [2.45, 2.75) is 56.1 Å². The molecule has 1 aliphatic carbocycles. The maximum Gasteiger partial charge on any atom is 0.407 e. The van der Waals surface area contributed by atoms with Crippen molar-refractivity contribution >= 4 is 39.3 Å². The van der Waals surface area contributed by atoms with E-state index in [0.29, 0.717) is 17.9 Å². The molecular weight excluding hydrogens is 424 g/mol. The highest BCUT2D eigenvalue weighted by atomic mass is 32.2. The van der Waals surface area contributed by atoms with Crippen LogP contribution in [0.25, 0.3) is 0 Å². The van der Waals surface area contributed by atoms with E-state index in [-0.39, 0.29) is 28.6 Å². The van der Waals surface area contributed by atoms with Gasteiger partial charge < -0.3 is 20.7 Å². The summed E-state index contributed by atoms with van der Waals surface area (Å²) in [5.74, 6) is 0.713. The lowest BCUT2D eigenvalue weighted by molar-refractivity contribution is 0.0981. The van der Waals surface area contributed by atoms with Gasteiger partial charge in [0.05, 0.1) is 5.69 Å². The van der Waals surface area contributed by atoms with Crippen LogP contribution in [0.15, 0.2) is 29.2 Å². The van der Waals surface area contributed by atoms with Gasteiger partial charge in [-0.1, -0.05) is 0 Å². The molecule has 1 aliphatic heterocycles. The van der Waals surface area contributed by atoms with Crippen LogP contribution in [0.5, 0.6) is 0 Å². The largest absolute Gasteiger partial charge is 0.446 e. The summed E-state index contributed by atoms with van der Waals surface area (Å²) < 4.78 is 31.7. The Hall–Kier alpha value is -3.28. The Kier molecular flexibility index (Phi) is 5.48. The summed E-state index contributed by atoms with van der Waals surface area (Å²) in [5.41, 5.74) is 1.64. The number of aromatic nitrogens is 2. The number of alkyl carbamates (subject to hydrolysis) is 1. The molecule has 0 bridgehead atoms. The Morgan fingerprint density at radius 2 is 2.06 bits per heavy atom. The molecule has 12 heteroatoms. The van der Waals surface area contributed by atoms with Crippen LogP contribution in [0.4, 0.5) is 26.8 Å². The molecule has 0 radical (unpaired) electrons. The summed E-state index contributed by atoms with van der Waals surface area (Å²) in [4.78, 5) is 23.2. The summed E-state index contributed by atoms with van der Waals surface area (Å²) >= 11 is 0. The zero-order valence-corrected chi connectivity index (χ0v) is 17.9. The maximum atomic E-state index is 12.2. The monoisotopic (exact) mass is 448 g/mol. The van der Waals surface area contributed by atoms with E-state index in [4.69, 9.17) is 4.74 Å². The van der Waals surface area contributed by atoms with Gasteiger partial charge in [-0.2, -0.15) is 5.10 Å². The number of nitrogens with one attached hydrogen (secondary N) is 5. The number of urea groups is 1. The van der Waals surface area contributed by atoms with Gasteiger partial charge in [-0.25, -0.2) is 22.7 Å². The maximum absolute atomic E-state index is 12.2. The molecule has 2 aliphatic rings. The second-order valence-electron chi connectivity index (χ2n) is 7.94. The number of carbonyl (C=O) groups is 2. The molecule has 0 unspecified atom stereocenters. The topological polar surface area (TPSA) is 154 Å². The summed E-state index contributed by atoms with van der Waals surface area (Å²) in [6, 6.07) is 5.69. The number of rotatable bonds is 5. The highest BCUT2D eigenvalue weighted by molar-refractivity contribution is 7.90. The van der Waals surface area contributed by atoms with Crippen molar-refractivity contribution in [2.24, 2.45) is 0 Å². The van der Waals surface area contributed by atoms with E-state index in [1.807, 2.05) is 24.6 Å². The van der Waals surface area contributed by atoms with Crippen LogP contribution >= 0.6 is 0 Å². The summed E-state index contributed by atoms with van der Waals surface area (Å²) in [7, 11) is -3.91. The van der Waals surface area contributed by atoms with Crippen LogP contribution in [0.3, 0.4) is 0 Å². The zero-order chi connectivity index (χ0) is 22.2. The fraction of sp³-hybridized carbons (Fsp3) is 0.421. The number of nitrogens with zero attached hydrogens (tertiary/aromatic N) is 1. The Bertz CT molecular complexity index is 1110. The number of amides is 3. The molecule has 1 saturated carbocycles. The number of H-pyrrole nitrogens is 1. The molecule has 4 rings (SSSR count). The molecule has 5 N–H and O–H groups in total. The van der Waals surface area contributed by atoms with Gasteiger partial charge in [-0.3, -0.25) is 5.10 Å². The quantitative estimate of drug-likeness (QED) is 0.471. The number of aromatic amines is 1. The molecule has 1 aromatic heterocycles. The molecule has 11 nitrogen and oxygen atoms in total. The second-order valence-corrected chi connectivity index (χ2v) is 9.59. The van der Waals surface area contributed by atoms with Gasteiger partial charge in [-0.05, 0) is 51.3 Å². The van der Waals surface area contributed by atoms with Gasteiger partial charge in [0, 0.05) is 29.4 Å². The molecule has 166 valence electrons. The lowest BCUT2D eigenvalue weighted by Crippen LogP contribution is -2.39. The van der Waals surface area contributed by atoms with E-state index >= 15 is 0 Å². The van der Waals surface area contributed by atoms with Gasteiger partial charge in [0.15, 0.2) is 5.82 Å². The highest BCUT2D eigenvalue weighted by Crippen LogP contribution is 2.36. The minimum atomic E-state index is -3.91. The van der Waals surface area contributed by atoms with Crippen LogP contribution in [-0.4, -0.2) is 42.9 Å². The van der Waals surface area contributed by atoms with Gasteiger partial charge in [0.25, 0.3) is 10.0 Å². The van der Waals surface area contributed by atoms with Crippen LogP contribution in [0.1, 0.15) is 44.7 Å². The van der Waals surface area contributed by atoms with Crippen molar-refractivity contribution in [1.29, 1.82) is 0 Å². The average molecular weight is 449 g/mol. The first-order chi connectivity index (χ1) is 14.7. The molecular formula is C19H24N6O5S. The highest BCUT2D eigenvalue weighted by Gasteiger charge is 2.30. The van der Waals surface area contributed by atoms with Gasteiger partial charge in [0.1, 0.15) is 11.0 Å². The van der Waals surface area contributed by atoms with Crippen molar-refractivity contribution in [1.82, 2.24) is 20.2 Å². The van der Waals surface area contributed by atoms with Crippen molar-refractivity contribution in [2.75, 3.05) is 10.6 Å². The number of sulfonamides is 1. The first kappa shape index (κ1) is 21.0. The summed E-state index contributed by atoms with van der Waals surface area (Å²) in [6.45, 7) is 3.75. The van der Waals surface area contributed by atoms with Gasteiger partial charge in [0.2, 0.25) is 0 Å². The van der Waals surface area contributed by atoms with Crippen molar-refractivity contribution < 1.29 is 22.7 Å². The number of hydrogen-bond acceptors (Lipinski definition) is 7. The first-order valence-electron chi connectivity index (χ1n) is 9.97. The van der Waals surface area contributed by atoms with Crippen molar-refractivity contribution in [3.63, 3.8) is 0 Å². The minimum Gasteiger partial charge on any atom is -0.446 e. The van der Waals surface area contributed by atoms with E-state index < -0.39 is 22.1 Å². The molecule has 1 aromatic carbocycles. The molecule has 0 saturated heterocycles. The number of benzene rings is 1. The first-order valence-corrected chi connectivity index (χ1v) is 11.5. The number of hydrogen-bond donors (Lipinski definition) is 5. The van der Waals surface area contributed by atoms with Crippen LogP contribution in [-0.2, 0) is 14.8 Å². The molecule has 31 heavy (non-hydrogen) atoms. The fourth-order valence-corrected chi connectivity index (χ4v) is 4.85. The molecule has 1 fully saturated rings. The van der Waals surface area contributed by atoms with E-state index in [9.17, 15) is 18.0 Å². The van der Waals surface area contributed by atoms with E-state index in [0.717, 1.165) is 18.5 Å². The molecule has 3 amide bonds. The van der Waals surface area contributed by atoms with Crippen LogP contribution in [0.2, 0.25) is 0 Å². The van der Waals surface area contributed by atoms with Crippen molar-refractivity contribution in [3.05, 3.63) is 30.0 Å². The molecule has 0 spiro atoms. The van der Waals surface area contributed by atoms with E-state index in [1.54, 1.807) is 6.07 Å². The van der Waals surface area contributed by atoms with E-state index in [1.165, 1.54) is 12.1 Å². The molecule has 2 aromatic rings. The van der Waals surface area contributed by atoms with Crippen LogP contribution in [0, 0.1) is 0 Å². The number of carbonyl (C=O) groups excluding carboxylic acids is 2. The fourth-order valence-electron chi connectivity index (χ4n) is 3.76. The predicted octanol–water partition coefficient (Wildman–Crippen LogP) is 2.75.